The van der Waals surface area contributed by atoms with Crippen LogP contribution >= 0.6 is 23.2 Å². The van der Waals surface area contributed by atoms with E-state index in [1.54, 1.807) is 36.4 Å². The van der Waals surface area contributed by atoms with Crippen LogP contribution in [0, 0.1) is 0 Å². The van der Waals surface area contributed by atoms with Gasteiger partial charge in [0, 0.05) is 5.02 Å². The zero-order valence-corrected chi connectivity index (χ0v) is 13.1. The minimum atomic E-state index is -1.58. The fourth-order valence-electron chi connectivity index (χ4n) is 1.65. The molecule has 2 aromatic carbocycles. The Morgan fingerprint density at radius 1 is 1.19 bits per heavy atom. The highest BCUT2D eigenvalue weighted by Gasteiger charge is 2.14. The number of nitrogen functional groups attached to an aromatic ring is 1. The Balaban J connectivity index is 2.08. The van der Waals surface area contributed by atoms with Crippen LogP contribution in [0.3, 0.4) is 0 Å². The molecule has 2 aromatic rings. The van der Waals surface area contributed by atoms with Crippen LogP contribution in [0.1, 0.15) is 0 Å². The lowest BCUT2D eigenvalue weighted by atomic mass is 10.3. The molecule has 1 amide bonds. The second kappa shape index (κ2) is 6.93. The largest absolute Gasteiger partial charge is 0.397 e. The third kappa shape index (κ3) is 4.20. The molecular formula is C14H12Cl2N2O2S. The smallest absolute Gasteiger partial charge is 0.237 e. The molecular weight excluding hydrogens is 331 g/mol. The number of carbonyl (C=O) groups excluding carboxylic acids is 1. The summed E-state index contributed by atoms with van der Waals surface area (Å²) in [4.78, 5) is 12.2. The number of carbonyl (C=O) groups is 1. The molecule has 0 spiro atoms. The van der Waals surface area contributed by atoms with Crippen LogP contribution in [0.2, 0.25) is 10.0 Å². The van der Waals surface area contributed by atoms with E-state index in [1.807, 2.05) is 0 Å². The maximum Gasteiger partial charge on any atom is 0.237 e. The molecule has 3 N–H and O–H groups in total. The van der Waals surface area contributed by atoms with Crippen LogP contribution in [0.25, 0.3) is 0 Å². The summed E-state index contributed by atoms with van der Waals surface area (Å²) >= 11 is 11.8. The molecule has 0 aromatic heterocycles. The molecule has 21 heavy (non-hydrogen) atoms. The van der Waals surface area contributed by atoms with E-state index in [1.165, 1.54) is 6.07 Å². The second-order valence-electron chi connectivity index (χ2n) is 4.20. The number of nitrogens with one attached hydrogen (secondary N) is 1. The average Bonchev–Trinajstić information content (AvgIpc) is 2.44. The molecule has 0 heterocycles. The van der Waals surface area contributed by atoms with Crippen LogP contribution in [0.15, 0.2) is 47.4 Å². The number of hydrogen-bond donors (Lipinski definition) is 2. The van der Waals surface area contributed by atoms with Gasteiger partial charge in [-0.15, -0.1) is 0 Å². The van der Waals surface area contributed by atoms with Crippen molar-refractivity contribution in [3.05, 3.63) is 52.5 Å². The van der Waals surface area contributed by atoms with E-state index in [9.17, 15) is 9.00 Å². The molecule has 1 unspecified atom stereocenters. The van der Waals surface area contributed by atoms with Crippen LogP contribution in [-0.2, 0) is 15.6 Å². The van der Waals surface area contributed by atoms with Gasteiger partial charge in [-0.25, -0.2) is 0 Å². The SMILES string of the molecule is Nc1ccccc1NC(=O)CS(=O)c1cc(Cl)ccc1Cl. The Morgan fingerprint density at radius 3 is 2.62 bits per heavy atom. The third-order valence-corrected chi connectivity index (χ3v) is 4.67. The first-order valence-electron chi connectivity index (χ1n) is 5.95. The number of rotatable bonds is 4. The Morgan fingerprint density at radius 2 is 1.90 bits per heavy atom. The Labute approximate surface area is 134 Å². The van der Waals surface area contributed by atoms with Crippen molar-refractivity contribution >= 4 is 51.3 Å². The van der Waals surface area contributed by atoms with Crippen LogP contribution in [0.5, 0.6) is 0 Å². The molecule has 110 valence electrons. The molecule has 0 aliphatic heterocycles. The van der Waals surface area contributed by atoms with Crippen LogP contribution in [-0.4, -0.2) is 15.9 Å². The second-order valence-corrected chi connectivity index (χ2v) is 6.46. The highest BCUT2D eigenvalue weighted by atomic mass is 35.5. The molecule has 1 atom stereocenters. The third-order valence-electron chi connectivity index (χ3n) is 2.64. The normalized spacial score (nSPS) is 11.9. The monoisotopic (exact) mass is 342 g/mol. The van der Waals surface area contributed by atoms with Crippen molar-refractivity contribution in [3.63, 3.8) is 0 Å². The van der Waals surface area contributed by atoms with E-state index in [-0.39, 0.29) is 5.75 Å². The highest BCUT2D eigenvalue weighted by molar-refractivity contribution is 7.86. The van der Waals surface area contributed by atoms with Gasteiger partial charge in [-0.1, -0.05) is 35.3 Å². The number of halogens is 2. The average molecular weight is 343 g/mol. The Hall–Kier alpha value is -1.56. The first kappa shape index (κ1) is 15.8. The van der Waals surface area contributed by atoms with Gasteiger partial charge in [0.15, 0.2) is 0 Å². The van der Waals surface area contributed by atoms with E-state index < -0.39 is 16.7 Å². The lowest BCUT2D eigenvalue weighted by Crippen LogP contribution is -2.20. The lowest BCUT2D eigenvalue weighted by molar-refractivity contribution is -0.113. The summed E-state index contributed by atoms with van der Waals surface area (Å²) in [5.41, 5.74) is 6.65. The summed E-state index contributed by atoms with van der Waals surface area (Å²) in [7, 11) is -1.58. The topological polar surface area (TPSA) is 72.2 Å². The zero-order chi connectivity index (χ0) is 15.4. The molecule has 0 aliphatic rings. The number of nitrogens with two attached hydrogens (primary N) is 1. The van der Waals surface area contributed by atoms with Crippen molar-refractivity contribution < 1.29 is 9.00 Å². The molecule has 0 fully saturated rings. The zero-order valence-electron chi connectivity index (χ0n) is 10.8. The summed E-state index contributed by atoms with van der Waals surface area (Å²) in [5, 5.41) is 3.33. The predicted molar refractivity (Wildman–Crippen MR) is 87.2 cm³/mol. The first-order valence-corrected chi connectivity index (χ1v) is 8.02. The molecule has 0 radical (unpaired) electrons. The summed E-state index contributed by atoms with van der Waals surface area (Å²) in [6, 6.07) is 11.5. The van der Waals surface area contributed by atoms with E-state index in [2.05, 4.69) is 5.32 Å². The summed E-state index contributed by atoms with van der Waals surface area (Å²) in [6.45, 7) is 0. The van der Waals surface area contributed by atoms with Gasteiger partial charge < -0.3 is 11.1 Å². The van der Waals surface area contributed by atoms with E-state index in [4.69, 9.17) is 28.9 Å². The number of para-hydroxylation sites is 2. The van der Waals surface area contributed by atoms with Crippen molar-refractivity contribution in [3.8, 4) is 0 Å². The summed E-state index contributed by atoms with van der Waals surface area (Å²) in [6.07, 6.45) is 0. The maximum atomic E-state index is 12.2. The van der Waals surface area contributed by atoms with E-state index >= 15 is 0 Å². The van der Waals surface area contributed by atoms with Crippen LogP contribution in [0.4, 0.5) is 11.4 Å². The van der Waals surface area contributed by atoms with E-state index in [0.29, 0.717) is 26.3 Å². The standard InChI is InChI=1S/C14H12Cl2N2O2S/c15-9-5-6-10(16)13(7-9)21(20)8-14(19)18-12-4-2-1-3-11(12)17/h1-7H,8,17H2,(H,18,19). The minimum Gasteiger partial charge on any atom is -0.397 e. The van der Waals surface area contributed by atoms with Crippen molar-refractivity contribution in [1.82, 2.24) is 0 Å². The molecule has 4 nitrogen and oxygen atoms in total. The van der Waals surface area contributed by atoms with Crippen molar-refractivity contribution in [2.24, 2.45) is 0 Å². The molecule has 0 saturated heterocycles. The summed E-state index contributed by atoms with van der Waals surface area (Å²) < 4.78 is 12.2. The molecule has 0 saturated carbocycles. The highest BCUT2D eigenvalue weighted by Crippen LogP contribution is 2.24. The van der Waals surface area contributed by atoms with Gasteiger partial charge in [0.05, 0.1) is 32.1 Å². The van der Waals surface area contributed by atoms with Gasteiger partial charge in [0.25, 0.3) is 0 Å². The van der Waals surface area contributed by atoms with Crippen molar-refractivity contribution in [2.45, 2.75) is 4.90 Å². The quantitative estimate of drug-likeness (QED) is 0.837. The molecule has 7 heteroatoms. The van der Waals surface area contributed by atoms with Gasteiger partial charge in [0.2, 0.25) is 5.91 Å². The number of benzene rings is 2. The number of anilines is 2. The van der Waals surface area contributed by atoms with Crippen LogP contribution < -0.4 is 11.1 Å². The van der Waals surface area contributed by atoms with Gasteiger partial charge >= 0.3 is 0 Å². The summed E-state index contributed by atoms with van der Waals surface area (Å²) in [5.74, 6) is -0.642. The fraction of sp³-hybridized carbons (Fsp3) is 0.0714. The number of hydrogen-bond acceptors (Lipinski definition) is 3. The fourth-order valence-corrected chi connectivity index (χ4v) is 3.27. The minimum absolute atomic E-state index is 0.228. The lowest BCUT2D eigenvalue weighted by Gasteiger charge is -2.08. The van der Waals surface area contributed by atoms with Gasteiger partial charge in [-0.3, -0.25) is 9.00 Å². The maximum absolute atomic E-state index is 12.2. The first-order chi connectivity index (χ1) is 9.97. The Kier molecular flexibility index (Phi) is 5.22. The van der Waals surface area contributed by atoms with Gasteiger partial charge in [-0.2, -0.15) is 0 Å². The Bertz CT molecular complexity index is 707. The van der Waals surface area contributed by atoms with E-state index in [0.717, 1.165) is 0 Å². The molecule has 0 bridgehead atoms. The van der Waals surface area contributed by atoms with Gasteiger partial charge in [0.1, 0.15) is 5.75 Å². The molecule has 2 rings (SSSR count). The predicted octanol–water partition coefficient (Wildman–Crippen LogP) is 3.32. The van der Waals surface area contributed by atoms with Crippen molar-refractivity contribution in [2.75, 3.05) is 16.8 Å². The van der Waals surface area contributed by atoms with Crippen molar-refractivity contribution in [1.29, 1.82) is 0 Å². The number of amides is 1. The molecule has 0 aliphatic carbocycles. The van der Waals surface area contributed by atoms with Gasteiger partial charge in [-0.05, 0) is 30.3 Å².